The molecule has 152 valence electrons. The molecule has 0 spiro atoms. The molecule has 2 N–H and O–H groups in total. The number of hydrogen-bond donors (Lipinski definition) is 2. The fraction of sp³-hybridized carbons (Fsp3) is 0.238. The average Bonchev–Trinajstić information content (AvgIpc) is 3.01. The number of rotatable bonds is 6. The van der Waals surface area contributed by atoms with Crippen molar-refractivity contribution in [2.75, 3.05) is 10.0 Å². The number of sulfonamides is 1. The van der Waals surface area contributed by atoms with Crippen molar-refractivity contribution in [3.63, 3.8) is 0 Å². The lowest BCUT2D eigenvalue weighted by atomic mass is 10.0. The Balaban J connectivity index is 1.81. The van der Waals surface area contributed by atoms with Crippen LogP contribution in [-0.4, -0.2) is 24.1 Å². The fourth-order valence-electron chi connectivity index (χ4n) is 2.88. The van der Waals surface area contributed by atoms with Crippen LogP contribution >= 0.6 is 0 Å². The third-order valence-electron chi connectivity index (χ3n) is 4.36. The quantitative estimate of drug-likeness (QED) is 0.638. The molecule has 0 aliphatic carbocycles. The van der Waals surface area contributed by atoms with Crippen LogP contribution in [0.4, 0.5) is 11.5 Å². The van der Waals surface area contributed by atoms with Gasteiger partial charge < -0.3 is 5.32 Å². The third-order valence-corrected chi connectivity index (χ3v) is 5.75. The molecule has 0 aliphatic rings. The van der Waals surface area contributed by atoms with Gasteiger partial charge in [0.1, 0.15) is 5.82 Å². The van der Waals surface area contributed by atoms with Crippen molar-refractivity contribution in [2.24, 2.45) is 0 Å². The fourth-order valence-corrected chi connectivity index (χ4v) is 3.94. The molecular weight excluding hydrogens is 388 g/mol. The van der Waals surface area contributed by atoms with E-state index in [9.17, 15) is 13.2 Å². The number of aromatic nitrogens is 2. The standard InChI is InChI=1S/C21H24N4O3S/c1-14(2)17-5-11-20(12-6-17)29(27,28)24-18-7-9-19(10-8-18)25-21(22-16(4)26)13-15(3)23-25/h5-14,24H,1-4H3,(H,22,26). The highest BCUT2D eigenvalue weighted by Crippen LogP contribution is 2.22. The van der Waals surface area contributed by atoms with Crippen LogP contribution in [-0.2, 0) is 14.8 Å². The van der Waals surface area contributed by atoms with E-state index in [0.29, 0.717) is 23.1 Å². The first-order valence-corrected chi connectivity index (χ1v) is 10.7. The van der Waals surface area contributed by atoms with Crippen LogP contribution in [0.2, 0.25) is 0 Å². The van der Waals surface area contributed by atoms with Gasteiger partial charge in [0.15, 0.2) is 0 Å². The molecule has 2 aromatic carbocycles. The number of carbonyl (C=O) groups is 1. The Bertz CT molecular complexity index is 1120. The van der Waals surface area contributed by atoms with Gasteiger partial charge in [0, 0.05) is 18.7 Å². The Kier molecular flexibility index (Phi) is 5.74. The van der Waals surface area contributed by atoms with Gasteiger partial charge in [-0.3, -0.25) is 9.52 Å². The summed E-state index contributed by atoms with van der Waals surface area (Å²) in [7, 11) is -3.68. The van der Waals surface area contributed by atoms with E-state index >= 15 is 0 Å². The van der Waals surface area contributed by atoms with Gasteiger partial charge >= 0.3 is 0 Å². The van der Waals surface area contributed by atoms with Crippen LogP contribution in [0.1, 0.15) is 37.9 Å². The van der Waals surface area contributed by atoms with Crippen molar-refractivity contribution in [3.8, 4) is 5.69 Å². The molecule has 3 aromatic rings. The summed E-state index contributed by atoms with van der Waals surface area (Å²) >= 11 is 0. The summed E-state index contributed by atoms with van der Waals surface area (Å²) in [5.41, 5.74) is 2.97. The third kappa shape index (κ3) is 4.83. The van der Waals surface area contributed by atoms with Gasteiger partial charge in [0.25, 0.3) is 10.0 Å². The van der Waals surface area contributed by atoms with Crippen LogP contribution in [0.15, 0.2) is 59.5 Å². The highest BCUT2D eigenvalue weighted by Gasteiger charge is 2.15. The highest BCUT2D eigenvalue weighted by atomic mass is 32.2. The average molecular weight is 413 g/mol. The zero-order valence-corrected chi connectivity index (χ0v) is 17.6. The summed E-state index contributed by atoms with van der Waals surface area (Å²) in [4.78, 5) is 11.6. The second kappa shape index (κ2) is 8.08. The van der Waals surface area contributed by atoms with Crippen LogP contribution in [0.3, 0.4) is 0 Å². The van der Waals surface area contributed by atoms with Crippen LogP contribution in [0.5, 0.6) is 0 Å². The first-order valence-electron chi connectivity index (χ1n) is 9.23. The molecule has 0 saturated heterocycles. The minimum absolute atomic E-state index is 0.195. The zero-order chi connectivity index (χ0) is 21.2. The number of nitrogens with one attached hydrogen (secondary N) is 2. The van der Waals surface area contributed by atoms with Crippen LogP contribution in [0, 0.1) is 6.92 Å². The smallest absolute Gasteiger partial charge is 0.261 e. The number of hydrogen-bond acceptors (Lipinski definition) is 4. The van der Waals surface area contributed by atoms with Crippen LogP contribution in [0.25, 0.3) is 5.69 Å². The number of benzene rings is 2. The molecule has 0 fully saturated rings. The topological polar surface area (TPSA) is 93.1 Å². The van der Waals surface area contributed by atoms with Gasteiger partial charge in [0.2, 0.25) is 5.91 Å². The molecule has 0 atom stereocenters. The lowest BCUT2D eigenvalue weighted by molar-refractivity contribution is -0.114. The van der Waals surface area contributed by atoms with Gasteiger partial charge in [0.05, 0.1) is 16.3 Å². The Morgan fingerprint density at radius 1 is 1.03 bits per heavy atom. The molecule has 0 radical (unpaired) electrons. The van der Waals surface area contributed by atoms with Crippen molar-refractivity contribution < 1.29 is 13.2 Å². The maximum Gasteiger partial charge on any atom is 0.261 e. The second-order valence-electron chi connectivity index (χ2n) is 7.14. The minimum atomic E-state index is -3.68. The second-order valence-corrected chi connectivity index (χ2v) is 8.82. The predicted octanol–water partition coefficient (Wildman–Crippen LogP) is 4.06. The molecule has 0 saturated carbocycles. The number of anilines is 2. The molecular formula is C21H24N4O3S. The van der Waals surface area contributed by atoms with Gasteiger partial charge in [-0.05, 0) is 54.8 Å². The number of nitrogens with zero attached hydrogens (tertiary/aromatic N) is 2. The SMILES string of the molecule is CC(=O)Nc1cc(C)nn1-c1ccc(NS(=O)(=O)c2ccc(C(C)C)cc2)cc1. The Morgan fingerprint density at radius 2 is 1.66 bits per heavy atom. The van der Waals surface area contributed by atoms with Crippen molar-refractivity contribution in [1.29, 1.82) is 0 Å². The summed E-state index contributed by atoms with van der Waals surface area (Å²) in [5, 5.41) is 7.10. The van der Waals surface area contributed by atoms with Gasteiger partial charge in [-0.1, -0.05) is 26.0 Å². The number of amides is 1. The molecule has 29 heavy (non-hydrogen) atoms. The van der Waals surface area contributed by atoms with E-state index in [1.54, 1.807) is 47.1 Å². The lowest BCUT2D eigenvalue weighted by Crippen LogP contribution is -2.13. The maximum absolute atomic E-state index is 12.6. The normalized spacial score (nSPS) is 11.5. The number of aryl methyl sites for hydroxylation is 1. The van der Waals surface area contributed by atoms with E-state index in [-0.39, 0.29) is 10.8 Å². The molecule has 1 amide bonds. The van der Waals surface area contributed by atoms with Crippen LogP contribution < -0.4 is 10.0 Å². The molecule has 7 nitrogen and oxygen atoms in total. The minimum Gasteiger partial charge on any atom is -0.311 e. The summed E-state index contributed by atoms with van der Waals surface area (Å²) in [5.74, 6) is 0.688. The molecule has 1 heterocycles. The Morgan fingerprint density at radius 3 is 2.21 bits per heavy atom. The summed E-state index contributed by atoms with van der Waals surface area (Å²) in [6, 6.07) is 15.4. The highest BCUT2D eigenvalue weighted by molar-refractivity contribution is 7.92. The lowest BCUT2D eigenvalue weighted by Gasteiger charge is -2.11. The van der Waals surface area contributed by atoms with Crippen molar-refractivity contribution in [1.82, 2.24) is 9.78 Å². The molecule has 1 aromatic heterocycles. The summed E-state index contributed by atoms with van der Waals surface area (Å²) < 4.78 is 29.5. The monoisotopic (exact) mass is 412 g/mol. The van der Waals surface area contributed by atoms with Crippen molar-refractivity contribution in [3.05, 3.63) is 65.9 Å². The molecule has 8 heteroatoms. The Hall–Kier alpha value is -3.13. The molecule has 0 unspecified atom stereocenters. The molecule has 0 bridgehead atoms. The van der Waals surface area contributed by atoms with E-state index in [1.165, 1.54) is 6.92 Å². The van der Waals surface area contributed by atoms with E-state index in [0.717, 1.165) is 11.3 Å². The largest absolute Gasteiger partial charge is 0.311 e. The van der Waals surface area contributed by atoms with Gasteiger partial charge in [-0.25, -0.2) is 13.1 Å². The first-order chi connectivity index (χ1) is 13.7. The summed E-state index contributed by atoms with van der Waals surface area (Å²) in [6.45, 7) is 7.37. The summed E-state index contributed by atoms with van der Waals surface area (Å²) in [6.07, 6.45) is 0. The van der Waals surface area contributed by atoms with E-state index in [2.05, 4.69) is 29.0 Å². The Labute approximate surface area is 170 Å². The van der Waals surface area contributed by atoms with Crippen molar-refractivity contribution in [2.45, 2.75) is 38.5 Å². The van der Waals surface area contributed by atoms with Gasteiger partial charge in [-0.15, -0.1) is 0 Å². The molecule has 0 aliphatic heterocycles. The zero-order valence-electron chi connectivity index (χ0n) is 16.8. The predicted molar refractivity (Wildman–Crippen MR) is 114 cm³/mol. The first kappa shape index (κ1) is 20.6. The van der Waals surface area contributed by atoms with E-state index in [4.69, 9.17) is 0 Å². The van der Waals surface area contributed by atoms with Gasteiger partial charge in [-0.2, -0.15) is 5.10 Å². The number of carbonyl (C=O) groups excluding carboxylic acids is 1. The van der Waals surface area contributed by atoms with Crippen molar-refractivity contribution >= 4 is 27.4 Å². The molecule has 3 rings (SSSR count). The van der Waals surface area contributed by atoms with E-state index < -0.39 is 10.0 Å². The van der Waals surface area contributed by atoms with E-state index in [1.807, 2.05) is 19.1 Å². The maximum atomic E-state index is 12.6.